The van der Waals surface area contributed by atoms with Crippen LogP contribution in [0, 0.1) is 19.8 Å². The summed E-state index contributed by atoms with van der Waals surface area (Å²) in [5.41, 5.74) is 8.88. The van der Waals surface area contributed by atoms with Crippen LogP contribution >= 0.6 is 0 Å². The first-order valence-electron chi connectivity index (χ1n) is 6.04. The minimum Gasteiger partial charge on any atom is -0.394 e. The highest BCUT2D eigenvalue weighted by Crippen LogP contribution is 2.20. The predicted octanol–water partition coefficient (Wildman–Crippen LogP) is 1.59. The van der Waals surface area contributed by atoms with Crippen LogP contribution in [0.4, 0.5) is 5.82 Å². The fraction of sp³-hybridized carbons (Fsp3) is 0.615. The van der Waals surface area contributed by atoms with Gasteiger partial charge in [0.2, 0.25) is 0 Å². The maximum absolute atomic E-state index is 9.34. The standard InChI is InChI=1S/C13H23N3O/c1-8(2)12(7-17)16-13-11(6-14)9(3)5-10(4)15-13/h5,8,12,17H,6-7,14H2,1-4H3,(H,15,16)/t12-/m1/s1. The normalized spacial score (nSPS) is 12.9. The van der Waals surface area contributed by atoms with E-state index in [1.807, 2.05) is 19.9 Å². The summed E-state index contributed by atoms with van der Waals surface area (Å²) in [6, 6.07) is 2.03. The summed E-state index contributed by atoms with van der Waals surface area (Å²) in [4.78, 5) is 4.47. The van der Waals surface area contributed by atoms with Crippen molar-refractivity contribution < 1.29 is 5.11 Å². The molecule has 0 aliphatic heterocycles. The van der Waals surface area contributed by atoms with E-state index in [-0.39, 0.29) is 12.6 Å². The topological polar surface area (TPSA) is 71.2 Å². The summed E-state index contributed by atoms with van der Waals surface area (Å²) in [6.07, 6.45) is 0. The zero-order chi connectivity index (χ0) is 13.0. The second kappa shape index (κ2) is 5.98. The monoisotopic (exact) mass is 237 g/mol. The molecule has 1 heterocycles. The number of pyridine rings is 1. The number of aryl methyl sites for hydroxylation is 2. The molecule has 1 rings (SSSR count). The molecule has 0 aliphatic carbocycles. The fourth-order valence-corrected chi connectivity index (χ4v) is 1.84. The summed E-state index contributed by atoms with van der Waals surface area (Å²) < 4.78 is 0. The summed E-state index contributed by atoms with van der Waals surface area (Å²) in [6.45, 7) is 8.68. The number of aliphatic hydroxyl groups is 1. The van der Waals surface area contributed by atoms with Gasteiger partial charge in [-0.05, 0) is 31.4 Å². The third-order valence-corrected chi connectivity index (χ3v) is 3.00. The van der Waals surface area contributed by atoms with Crippen LogP contribution in [0.3, 0.4) is 0 Å². The molecule has 0 spiro atoms. The Morgan fingerprint density at radius 1 is 1.41 bits per heavy atom. The van der Waals surface area contributed by atoms with Crippen molar-refractivity contribution in [1.29, 1.82) is 0 Å². The van der Waals surface area contributed by atoms with Crippen LogP contribution in [0.15, 0.2) is 6.07 Å². The fourth-order valence-electron chi connectivity index (χ4n) is 1.84. The van der Waals surface area contributed by atoms with E-state index in [2.05, 4.69) is 24.1 Å². The summed E-state index contributed by atoms with van der Waals surface area (Å²) in [5.74, 6) is 1.14. The minimum absolute atomic E-state index is 0.00833. The lowest BCUT2D eigenvalue weighted by molar-refractivity contribution is 0.249. The third kappa shape index (κ3) is 3.41. The van der Waals surface area contributed by atoms with Gasteiger partial charge in [-0.3, -0.25) is 0 Å². The predicted molar refractivity (Wildman–Crippen MR) is 70.9 cm³/mol. The van der Waals surface area contributed by atoms with Gasteiger partial charge >= 0.3 is 0 Å². The molecule has 0 amide bonds. The SMILES string of the molecule is Cc1cc(C)c(CN)c(N[C@H](CO)C(C)C)n1. The van der Waals surface area contributed by atoms with E-state index in [9.17, 15) is 5.11 Å². The molecule has 4 N–H and O–H groups in total. The van der Waals surface area contributed by atoms with Crippen LogP contribution in [-0.4, -0.2) is 22.7 Å². The van der Waals surface area contributed by atoms with Crippen LogP contribution in [0.5, 0.6) is 0 Å². The first-order valence-corrected chi connectivity index (χ1v) is 6.04. The second-order valence-electron chi connectivity index (χ2n) is 4.79. The van der Waals surface area contributed by atoms with Gasteiger partial charge in [0.15, 0.2) is 0 Å². The number of nitrogens with one attached hydrogen (secondary N) is 1. The molecule has 1 atom stereocenters. The average Bonchev–Trinajstić information content (AvgIpc) is 2.24. The van der Waals surface area contributed by atoms with Crippen LogP contribution < -0.4 is 11.1 Å². The van der Waals surface area contributed by atoms with Crippen LogP contribution in [0.2, 0.25) is 0 Å². The minimum atomic E-state index is 0.00833. The zero-order valence-electron chi connectivity index (χ0n) is 11.1. The molecule has 4 heteroatoms. The number of anilines is 1. The lowest BCUT2D eigenvalue weighted by Crippen LogP contribution is -2.30. The van der Waals surface area contributed by atoms with E-state index in [4.69, 9.17) is 5.73 Å². The number of hydrogen-bond donors (Lipinski definition) is 3. The highest BCUT2D eigenvalue weighted by molar-refractivity contribution is 5.50. The molecule has 0 unspecified atom stereocenters. The van der Waals surface area contributed by atoms with Gasteiger partial charge in [-0.15, -0.1) is 0 Å². The Hall–Kier alpha value is -1.13. The maximum Gasteiger partial charge on any atom is 0.131 e. The Bertz CT molecular complexity index is 377. The van der Waals surface area contributed by atoms with Crippen molar-refractivity contribution in [1.82, 2.24) is 4.98 Å². The number of aromatic nitrogens is 1. The van der Waals surface area contributed by atoms with Crippen molar-refractivity contribution in [3.05, 3.63) is 22.9 Å². The van der Waals surface area contributed by atoms with Crippen molar-refractivity contribution in [3.63, 3.8) is 0 Å². The second-order valence-corrected chi connectivity index (χ2v) is 4.79. The van der Waals surface area contributed by atoms with Crippen molar-refractivity contribution in [3.8, 4) is 0 Å². The van der Waals surface area contributed by atoms with Gasteiger partial charge in [-0.1, -0.05) is 13.8 Å². The summed E-state index contributed by atoms with van der Waals surface area (Å²) in [7, 11) is 0. The molecule has 17 heavy (non-hydrogen) atoms. The quantitative estimate of drug-likeness (QED) is 0.727. The number of nitrogens with zero attached hydrogens (tertiary/aromatic N) is 1. The van der Waals surface area contributed by atoms with Gasteiger partial charge < -0.3 is 16.2 Å². The molecular formula is C13H23N3O. The Labute approximate surface area is 103 Å². The molecule has 1 aromatic heterocycles. The van der Waals surface area contributed by atoms with Gasteiger partial charge in [0.05, 0.1) is 12.6 Å². The van der Waals surface area contributed by atoms with Crippen molar-refractivity contribution in [2.75, 3.05) is 11.9 Å². The Morgan fingerprint density at radius 2 is 2.06 bits per heavy atom. The Balaban J connectivity index is 3.04. The molecular weight excluding hydrogens is 214 g/mol. The molecule has 0 saturated carbocycles. The zero-order valence-corrected chi connectivity index (χ0v) is 11.1. The van der Waals surface area contributed by atoms with Crippen LogP contribution in [-0.2, 0) is 6.54 Å². The lowest BCUT2D eigenvalue weighted by atomic mass is 10.0. The van der Waals surface area contributed by atoms with Crippen molar-refractivity contribution >= 4 is 5.82 Å². The van der Waals surface area contributed by atoms with Gasteiger partial charge in [0.1, 0.15) is 5.82 Å². The first kappa shape index (κ1) is 13.9. The molecule has 1 aromatic rings. The molecule has 0 radical (unpaired) electrons. The van der Waals surface area contributed by atoms with E-state index < -0.39 is 0 Å². The van der Waals surface area contributed by atoms with Gasteiger partial charge in [0.25, 0.3) is 0 Å². The van der Waals surface area contributed by atoms with E-state index in [0.717, 1.165) is 22.6 Å². The number of hydrogen-bond acceptors (Lipinski definition) is 4. The van der Waals surface area contributed by atoms with E-state index >= 15 is 0 Å². The highest BCUT2D eigenvalue weighted by Gasteiger charge is 2.15. The van der Waals surface area contributed by atoms with Crippen molar-refractivity contribution in [2.45, 2.75) is 40.3 Å². The summed E-state index contributed by atoms with van der Waals surface area (Å²) >= 11 is 0. The largest absolute Gasteiger partial charge is 0.394 e. The Kier molecular flexibility index (Phi) is 4.90. The summed E-state index contributed by atoms with van der Waals surface area (Å²) in [5, 5.41) is 12.6. The van der Waals surface area contributed by atoms with Crippen LogP contribution in [0.25, 0.3) is 0 Å². The number of rotatable bonds is 5. The van der Waals surface area contributed by atoms with Gasteiger partial charge in [-0.25, -0.2) is 4.98 Å². The number of nitrogens with two attached hydrogens (primary N) is 1. The molecule has 0 fully saturated rings. The maximum atomic E-state index is 9.34. The molecule has 96 valence electrons. The Morgan fingerprint density at radius 3 is 2.53 bits per heavy atom. The average molecular weight is 237 g/mol. The third-order valence-electron chi connectivity index (χ3n) is 3.00. The lowest BCUT2D eigenvalue weighted by Gasteiger charge is -2.23. The smallest absolute Gasteiger partial charge is 0.131 e. The molecule has 0 saturated heterocycles. The van der Waals surface area contributed by atoms with E-state index in [1.54, 1.807) is 0 Å². The van der Waals surface area contributed by atoms with Gasteiger partial charge in [0, 0.05) is 17.8 Å². The van der Waals surface area contributed by atoms with Crippen molar-refractivity contribution in [2.24, 2.45) is 11.7 Å². The first-order chi connectivity index (χ1) is 7.99. The highest BCUT2D eigenvalue weighted by atomic mass is 16.3. The van der Waals surface area contributed by atoms with E-state index in [0.29, 0.717) is 12.5 Å². The molecule has 0 bridgehead atoms. The molecule has 0 aromatic carbocycles. The van der Waals surface area contributed by atoms with E-state index in [1.165, 1.54) is 0 Å². The van der Waals surface area contributed by atoms with Crippen LogP contribution in [0.1, 0.15) is 30.7 Å². The molecule has 4 nitrogen and oxygen atoms in total. The number of aliphatic hydroxyl groups excluding tert-OH is 1. The van der Waals surface area contributed by atoms with Gasteiger partial charge in [-0.2, -0.15) is 0 Å². The molecule has 0 aliphatic rings.